The van der Waals surface area contributed by atoms with Gasteiger partial charge in [-0.25, -0.2) is 4.39 Å². The van der Waals surface area contributed by atoms with E-state index >= 15 is 0 Å². The lowest BCUT2D eigenvalue weighted by Crippen LogP contribution is -2.26. The van der Waals surface area contributed by atoms with Crippen LogP contribution in [0.1, 0.15) is 27.4 Å². The molecule has 0 aromatic heterocycles. The maximum Gasteiger partial charge on any atom is 0.259 e. The monoisotopic (exact) mass is 550 g/mol. The third kappa shape index (κ3) is 5.05. The molecule has 2 unspecified atom stereocenters. The van der Waals surface area contributed by atoms with Crippen LogP contribution in [0.4, 0.5) is 15.8 Å². The van der Waals surface area contributed by atoms with Crippen LogP contribution in [0.25, 0.3) is 6.08 Å². The van der Waals surface area contributed by atoms with Crippen molar-refractivity contribution < 1.29 is 14.0 Å². The zero-order valence-corrected chi connectivity index (χ0v) is 21.4. The third-order valence-electron chi connectivity index (χ3n) is 5.92. The second-order valence-corrected chi connectivity index (χ2v) is 10.4. The van der Waals surface area contributed by atoms with Crippen molar-refractivity contribution in [3.8, 4) is 0 Å². The molecule has 0 heterocycles. The van der Waals surface area contributed by atoms with Crippen molar-refractivity contribution in [1.82, 2.24) is 0 Å². The van der Waals surface area contributed by atoms with Crippen molar-refractivity contribution in [2.75, 3.05) is 17.3 Å². The Hall–Kier alpha value is -2.57. The van der Waals surface area contributed by atoms with E-state index in [1.165, 1.54) is 41.3 Å². The highest BCUT2D eigenvalue weighted by Gasteiger charge is 2.67. The standard InChI is InChI=1S/C26H19Cl4FN2O2/c1-3-14-4-5-15(12-21(14)28)22-23(26(22,29)30)24(34)32-17-8-11-20(27)19(13-17)25(35)33(2)18-9-6-16(31)7-10-18/h3-13,22-23H,1H2,2H3,(H,32,34). The van der Waals surface area contributed by atoms with Gasteiger partial charge in [-0.1, -0.05) is 48.0 Å². The summed E-state index contributed by atoms with van der Waals surface area (Å²) in [6, 6.07) is 15.4. The highest BCUT2D eigenvalue weighted by molar-refractivity contribution is 6.53. The molecule has 9 heteroatoms. The van der Waals surface area contributed by atoms with Gasteiger partial charge in [-0.15, -0.1) is 23.2 Å². The fourth-order valence-electron chi connectivity index (χ4n) is 3.92. The molecule has 3 aromatic rings. The molecule has 0 spiro atoms. The van der Waals surface area contributed by atoms with Gasteiger partial charge in [0.2, 0.25) is 5.91 Å². The average molecular weight is 552 g/mol. The van der Waals surface area contributed by atoms with Crippen LogP contribution in [0.3, 0.4) is 0 Å². The maximum absolute atomic E-state index is 13.2. The number of rotatable bonds is 6. The van der Waals surface area contributed by atoms with Gasteiger partial charge in [0, 0.05) is 29.4 Å². The van der Waals surface area contributed by atoms with E-state index in [0.29, 0.717) is 16.4 Å². The zero-order valence-electron chi connectivity index (χ0n) is 18.4. The fraction of sp³-hybridized carbons (Fsp3) is 0.154. The topological polar surface area (TPSA) is 49.4 Å². The van der Waals surface area contributed by atoms with Gasteiger partial charge >= 0.3 is 0 Å². The summed E-state index contributed by atoms with van der Waals surface area (Å²) in [6.07, 6.45) is 1.63. The van der Waals surface area contributed by atoms with Crippen LogP contribution < -0.4 is 10.2 Å². The molecule has 1 saturated carbocycles. The molecule has 180 valence electrons. The number of nitrogens with zero attached hydrogens (tertiary/aromatic N) is 1. The maximum atomic E-state index is 13.2. The van der Waals surface area contributed by atoms with Gasteiger partial charge in [0.25, 0.3) is 5.91 Å². The number of halogens is 5. The number of benzene rings is 3. The minimum Gasteiger partial charge on any atom is -0.326 e. The fourth-order valence-corrected chi connectivity index (χ4v) is 5.21. The van der Waals surface area contributed by atoms with Gasteiger partial charge in [0.15, 0.2) is 0 Å². The summed E-state index contributed by atoms with van der Waals surface area (Å²) in [6.45, 7) is 3.71. The normalized spacial score (nSPS) is 18.0. The Morgan fingerprint density at radius 1 is 1.03 bits per heavy atom. The van der Waals surface area contributed by atoms with Crippen molar-refractivity contribution in [1.29, 1.82) is 0 Å². The van der Waals surface area contributed by atoms with Crippen molar-refractivity contribution in [3.05, 3.63) is 99.8 Å². The Labute approximate surface area is 222 Å². The van der Waals surface area contributed by atoms with Crippen LogP contribution in [-0.4, -0.2) is 23.2 Å². The average Bonchev–Trinajstić information content (AvgIpc) is 3.41. The van der Waals surface area contributed by atoms with Crippen molar-refractivity contribution in [2.24, 2.45) is 5.92 Å². The smallest absolute Gasteiger partial charge is 0.259 e. The molecule has 1 N–H and O–H groups in total. The largest absolute Gasteiger partial charge is 0.326 e. The molecule has 1 aliphatic rings. The molecule has 1 aliphatic carbocycles. The van der Waals surface area contributed by atoms with Crippen molar-refractivity contribution >= 4 is 75.7 Å². The summed E-state index contributed by atoms with van der Waals surface area (Å²) >= 11 is 25.4. The molecule has 0 aliphatic heterocycles. The predicted octanol–water partition coefficient (Wildman–Crippen LogP) is 7.58. The quantitative estimate of drug-likeness (QED) is 0.321. The molecule has 35 heavy (non-hydrogen) atoms. The summed E-state index contributed by atoms with van der Waals surface area (Å²) in [5.74, 6) is -2.43. The second-order valence-electron chi connectivity index (χ2n) is 8.14. The molecule has 2 atom stereocenters. The number of anilines is 2. The first-order chi connectivity index (χ1) is 16.5. The second kappa shape index (κ2) is 9.82. The van der Waals surface area contributed by atoms with Crippen LogP contribution in [0.2, 0.25) is 10.0 Å². The highest BCUT2D eigenvalue weighted by atomic mass is 35.5. The van der Waals surface area contributed by atoms with E-state index in [2.05, 4.69) is 11.9 Å². The molecule has 0 bridgehead atoms. The van der Waals surface area contributed by atoms with Crippen LogP contribution >= 0.6 is 46.4 Å². The lowest BCUT2D eigenvalue weighted by molar-refractivity contribution is -0.117. The first-order valence-corrected chi connectivity index (χ1v) is 12.0. The number of alkyl halides is 2. The minimum atomic E-state index is -1.31. The van der Waals surface area contributed by atoms with E-state index in [1.54, 1.807) is 31.3 Å². The number of carbonyl (C=O) groups is 2. The van der Waals surface area contributed by atoms with E-state index in [0.717, 1.165) is 11.1 Å². The molecule has 1 fully saturated rings. The number of hydrogen-bond donors (Lipinski definition) is 1. The third-order valence-corrected chi connectivity index (χ3v) is 7.52. The van der Waals surface area contributed by atoms with Gasteiger partial charge in [-0.05, 0) is 59.7 Å². The number of amides is 2. The number of hydrogen-bond acceptors (Lipinski definition) is 2. The van der Waals surface area contributed by atoms with Crippen LogP contribution in [0, 0.1) is 11.7 Å². The summed E-state index contributed by atoms with van der Waals surface area (Å²) in [5, 5.41) is 3.46. The summed E-state index contributed by atoms with van der Waals surface area (Å²) in [4.78, 5) is 27.4. The van der Waals surface area contributed by atoms with Gasteiger partial charge < -0.3 is 10.2 Å². The SMILES string of the molecule is C=Cc1ccc(C2C(C(=O)Nc3ccc(Cl)c(C(=O)N(C)c4ccc(F)cc4)c3)C2(Cl)Cl)cc1Cl. The first-order valence-electron chi connectivity index (χ1n) is 10.5. The van der Waals surface area contributed by atoms with Gasteiger partial charge in [0.1, 0.15) is 10.2 Å². The number of carbonyl (C=O) groups excluding carboxylic acids is 2. The van der Waals surface area contributed by atoms with Gasteiger partial charge in [-0.2, -0.15) is 0 Å². The van der Waals surface area contributed by atoms with E-state index in [9.17, 15) is 14.0 Å². The molecule has 0 saturated heterocycles. The molecule has 3 aromatic carbocycles. The van der Waals surface area contributed by atoms with Gasteiger partial charge in [0.05, 0.1) is 16.5 Å². The van der Waals surface area contributed by atoms with E-state index in [1.807, 2.05) is 6.07 Å². The minimum absolute atomic E-state index is 0.165. The van der Waals surface area contributed by atoms with Crippen molar-refractivity contribution in [3.63, 3.8) is 0 Å². The zero-order chi connectivity index (χ0) is 25.5. The number of nitrogens with one attached hydrogen (secondary N) is 1. The lowest BCUT2D eigenvalue weighted by Gasteiger charge is -2.18. The molecular formula is C26H19Cl4FN2O2. The van der Waals surface area contributed by atoms with Gasteiger partial charge in [-0.3, -0.25) is 9.59 Å². The molecular weight excluding hydrogens is 533 g/mol. The Morgan fingerprint density at radius 3 is 2.34 bits per heavy atom. The Kier molecular flexibility index (Phi) is 7.16. The summed E-state index contributed by atoms with van der Waals surface area (Å²) in [5.41, 5.74) is 2.50. The highest BCUT2D eigenvalue weighted by Crippen LogP contribution is 2.65. The van der Waals surface area contributed by atoms with Crippen molar-refractivity contribution in [2.45, 2.75) is 10.3 Å². The molecule has 2 amide bonds. The van der Waals surface area contributed by atoms with E-state index in [-0.39, 0.29) is 10.6 Å². The molecule has 4 rings (SSSR count). The molecule has 4 nitrogen and oxygen atoms in total. The van der Waals surface area contributed by atoms with Crippen LogP contribution in [0.15, 0.2) is 67.2 Å². The summed E-state index contributed by atoms with van der Waals surface area (Å²) in [7, 11) is 1.55. The Morgan fingerprint density at radius 2 is 1.71 bits per heavy atom. The van der Waals surface area contributed by atoms with Crippen LogP contribution in [0.5, 0.6) is 0 Å². The Bertz CT molecular complexity index is 1330. The Balaban J connectivity index is 1.53. The molecule has 0 radical (unpaired) electrons. The van der Waals surface area contributed by atoms with E-state index < -0.39 is 33.8 Å². The van der Waals surface area contributed by atoms with Crippen LogP contribution in [-0.2, 0) is 4.79 Å². The predicted molar refractivity (Wildman–Crippen MR) is 141 cm³/mol. The summed E-state index contributed by atoms with van der Waals surface area (Å²) < 4.78 is 11.9. The first kappa shape index (κ1) is 25.5. The van der Waals surface area contributed by atoms with E-state index in [4.69, 9.17) is 46.4 Å². The lowest BCUT2D eigenvalue weighted by atomic mass is 10.1.